The highest BCUT2D eigenvalue weighted by molar-refractivity contribution is 5.97. The van der Waals surface area contributed by atoms with Crippen molar-refractivity contribution in [1.82, 2.24) is 0 Å². The van der Waals surface area contributed by atoms with E-state index in [-0.39, 0.29) is 16.3 Å². The topological polar surface area (TPSA) is 26.3 Å². The SMILES string of the molecule is CC1CCC(c2ccc(OC(=O)c3ccc4c(F)c(C#CC(F)(F)F)c(F)cc4c3)cc2)CC1. The summed E-state index contributed by atoms with van der Waals surface area (Å²) in [6.07, 6.45) is -0.224. The number of alkyl halides is 3. The van der Waals surface area contributed by atoms with Gasteiger partial charge in [0.1, 0.15) is 17.4 Å². The van der Waals surface area contributed by atoms with E-state index in [0.717, 1.165) is 30.7 Å². The zero-order valence-electron chi connectivity index (χ0n) is 18.3. The second-order valence-electron chi connectivity index (χ2n) is 8.65. The first-order chi connectivity index (χ1) is 16.1. The number of carbonyl (C=O) groups is 1. The molecule has 0 heterocycles. The molecule has 0 amide bonds. The molecule has 7 heteroatoms. The van der Waals surface area contributed by atoms with Crippen molar-refractivity contribution in [1.29, 1.82) is 0 Å². The van der Waals surface area contributed by atoms with E-state index in [9.17, 15) is 26.7 Å². The van der Waals surface area contributed by atoms with Gasteiger partial charge in [-0.3, -0.25) is 0 Å². The number of ether oxygens (including phenoxy) is 1. The van der Waals surface area contributed by atoms with Crippen LogP contribution in [0, 0.1) is 29.4 Å². The molecule has 4 rings (SSSR count). The van der Waals surface area contributed by atoms with Crippen LogP contribution in [0.25, 0.3) is 10.8 Å². The summed E-state index contributed by atoms with van der Waals surface area (Å²) in [5.74, 6) is 0.756. The smallest absolute Gasteiger partial charge is 0.423 e. The number of halogens is 5. The van der Waals surface area contributed by atoms with E-state index in [2.05, 4.69) is 6.92 Å². The van der Waals surface area contributed by atoms with Crippen LogP contribution in [0.3, 0.4) is 0 Å². The first-order valence-electron chi connectivity index (χ1n) is 10.9. The van der Waals surface area contributed by atoms with E-state index in [1.165, 1.54) is 42.5 Å². The molecule has 0 spiro atoms. The van der Waals surface area contributed by atoms with E-state index in [4.69, 9.17) is 4.74 Å². The molecule has 1 aliphatic rings. The quantitative estimate of drug-likeness (QED) is 0.170. The first kappa shape index (κ1) is 23.7. The van der Waals surface area contributed by atoms with Gasteiger partial charge in [0, 0.05) is 11.3 Å². The average molecular weight is 472 g/mol. The standard InChI is InChI=1S/C27H21F5O2/c1-16-2-4-17(5-3-16)18-6-9-21(10-7-18)34-26(33)19-8-11-22-20(14-19)15-24(28)23(25(22)29)12-13-27(30,31)32/h6-11,14-17H,2-5H2,1H3. The molecule has 0 N–H and O–H groups in total. The van der Waals surface area contributed by atoms with Gasteiger partial charge in [-0.15, -0.1) is 0 Å². The van der Waals surface area contributed by atoms with E-state index >= 15 is 0 Å². The molecule has 1 aliphatic carbocycles. The summed E-state index contributed by atoms with van der Waals surface area (Å²) in [4.78, 5) is 12.6. The van der Waals surface area contributed by atoms with Gasteiger partial charge in [0.2, 0.25) is 0 Å². The summed E-state index contributed by atoms with van der Waals surface area (Å²) >= 11 is 0. The molecule has 0 unspecified atom stereocenters. The molecule has 34 heavy (non-hydrogen) atoms. The van der Waals surface area contributed by atoms with Crippen LogP contribution in [0.4, 0.5) is 22.0 Å². The third kappa shape index (κ3) is 5.39. The molecule has 2 nitrogen and oxygen atoms in total. The van der Waals surface area contributed by atoms with Gasteiger partial charge in [0.25, 0.3) is 0 Å². The van der Waals surface area contributed by atoms with Crippen LogP contribution >= 0.6 is 0 Å². The molecule has 0 bridgehead atoms. The molecule has 0 aromatic heterocycles. The van der Waals surface area contributed by atoms with Crippen molar-refractivity contribution in [3.05, 3.63) is 76.9 Å². The number of hydrogen-bond donors (Lipinski definition) is 0. The summed E-state index contributed by atoms with van der Waals surface area (Å²) in [7, 11) is 0. The molecule has 1 fully saturated rings. The van der Waals surface area contributed by atoms with Crippen LogP contribution in [0.1, 0.15) is 60.0 Å². The van der Waals surface area contributed by atoms with Crippen molar-refractivity contribution in [2.75, 3.05) is 0 Å². The first-order valence-corrected chi connectivity index (χ1v) is 10.9. The normalized spacial score (nSPS) is 18.3. The Morgan fingerprint density at radius 2 is 1.65 bits per heavy atom. The zero-order chi connectivity index (χ0) is 24.5. The summed E-state index contributed by atoms with van der Waals surface area (Å²) in [6, 6.07) is 11.8. The lowest BCUT2D eigenvalue weighted by molar-refractivity contribution is -0.0696. The van der Waals surface area contributed by atoms with E-state index in [1.54, 1.807) is 12.1 Å². The molecule has 176 valence electrons. The van der Waals surface area contributed by atoms with Crippen LogP contribution in [0.2, 0.25) is 0 Å². The van der Waals surface area contributed by atoms with Crippen LogP contribution < -0.4 is 4.74 Å². The maximum absolute atomic E-state index is 14.6. The van der Waals surface area contributed by atoms with Gasteiger partial charge in [-0.05, 0) is 66.0 Å². The van der Waals surface area contributed by atoms with Crippen molar-refractivity contribution in [3.63, 3.8) is 0 Å². The lowest BCUT2D eigenvalue weighted by Crippen LogP contribution is -2.11. The van der Waals surface area contributed by atoms with Crippen molar-refractivity contribution in [3.8, 4) is 17.6 Å². The van der Waals surface area contributed by atoms with Gasteiger partial charge in [-0.25, -0.2) is 13.6 Å². The van der Waals surface area contributed by atoms with Crippen molar-refractivity contribution in [2.45, 2.75) is 44.7 Å². The Bertz CT molecular complexity index is 1270. The molecule has 3 aromatic carbocycles. The highest BCUT2D eigenvalue weighted by Crippen LogP contribution is 2.36. The molecular formula is C27H21F5O2. The Hall–Kier alpha value is -3.40. The predicted molar refractivity (Wildman–Crippen MR) is 119 cm³/mol. The third-order valence-electron chi connectivity index (χ3n) is 6.17. The fraction of sp³-hybridized carbons (Fsp3) is 0.296. The lowest BCUT2D eigenvalue weighted by Gasteiger charge is -2.26. The van der Waals surface area contributed by atoms with Crippen molar-refractivity contribution in [2.24, 2.45) is 5.92 Å². The van der Waals surface area contributed by atoms with Crippen LogP contribution in [0.15, 0.2) is 48.5 Å². The Morgan fingerprint density at radius 1 is 0.971 bits per heavy atom. The van der Waals surface area contributed by atoms with Gasteiger partial charge in [-0.2, -0.15) is 13.2 Å². The summed E-state index contributed by atoms with van der Waals surface area (Å²) in [6.45, 7) is 2.26. The number of benzene rings is 3. The highest BCUT2D eigenvalue weighted by atomic mass is 19.4. The minimum absolute atomic E-state index is 0.00360. The second kappa shape index (κ2) is 9.46. The van der Waals surface area contributed by atoms with Gasteiger partial charge in [-0.1, -0.05) is 43.9 Å². The molecular weight excluding hydrogens is 451 g/mol. The number of hydrogen-bond acceptors (Lipinski definition) is 2. The van der Waals surface area contributed by atoms with Crippen molar-refractivity contribution >= 4 is 16.7 Å². The average Bonchev–Trinajstić information content (AvgIpc) is 2.79. The zero-order valence-corrected chi connectivity index (χ0v) is 18.3. The second-order valence-corrected chi connectivity index (χ2v) is 8.65. The maximum Gasteiger partial charge on any atom is 0.458 e. The summed E-state index contributed by atoms with van der Waals surface area (Å²) in [5.41, 5.74) is 0.270. The van der Waals surface area contributed by atoms with Crippen LogP contribution in [-0.4, -0.2) is 12.1 Å². The molecule has 0 saturated heterocycles. The van der Waals surface area contributed by atoms with Crippen LogP contribution in [0.5, 0.6) is 5.75 Å². The lowest BCUT2D eigenvalue weighted by atomic mass is 9.79. The Kier molecular flexibility index (Phi) is 6.60. The van der Waals surface area contributed by atoms with Crippen molar-refractivity contribution < 1.29 is 31.5 Å². The molecule has 0 radical (unpaired) electrons. The molecule has 1 saturated carbocycles. The number of fused-ring (bicyclic) bond motifs is 1. The Labute approximate surface area is 193 Å². The van der Waals surface area contributed by atoms with Gasteiger partial charge in [0.15, 0.2) is 0 Å². The Balaban J connectivity index is 1.52. The monoisotopic (exact) mass is 472 g/mol. The maximum atomic E-state index is 14.6. The van der Waals surface area contributed by atoms with E-state index in [0.29, 0.717) is 11.7 Å². The molecule has 3 aromatic rings. The largest absolute Gasteiger partial charge is 0.458 e. The minimum Gasteiger partial charge on any atom is -0.423 e. The van der Waals surface area contributed by atoms with Crippen LogP contribution in [-0.2, 0) is 0 Å². The van der Waals surface area contributed by atoms with E-state index < -0.39 is 29.3 Å². The summed E-state index contributed by atoms with van der Waals surface area (Å²) in [5, 5.41) is -0.153. The number of esters is 1. The number of rotatable bonds is 3. The third-order valence-corrected chi connectivity index (χ3v) is 6.17. The fourth-order valence-electron chi connectivity index (χ4n) is 4.27. The van der Waals surface area contributed by atoms with Gasteiger partial charge < -0.3 is 4.74 Å². The molecule has 0 atom stereocenters. The number of carbonyl (C=O) groups excluding carboxylic acids is 1. The Morgan fingerprint density at radius 3 is 2.29 bits per heavy atom. The summed E-state index contributed by atoms with van der Waals surface area (Å²) < 4.78 is 71.1. The van der Waals surface area contributed by atoms with Gasteiger partial charge >= 0.3 is 12.1 Å². The van der Waals surface area contributed by atoms with Gasteiger partial charge in [0.05, 0.1) is 11.1 Å². The highest BCUT2D eigenvalue weighted by Gasteiger charge is 2.24. The predicted octanol–water partition coefficient (Wildman–Crippen LogP) is 7.54. The van der Waals surface area contributed by atoms with E-state index in [1.807, 2.05) is 12.1 Å². The molecule has 0 aliphatic heterocycles. The fourth-order valence-corrected chi connectivity index (χ4v) is 4.27. The minimum atomic E-state index is -4.88.